The average molecular weight is 273 g/mol. The van der Waals surface area contributed by atoms with Gasteiger partial charge >= 0.3 is 0 Å². The Bertz CT molecular complexity index is 691. The molecule has 19 heavy (non-hydrogen) atoms. The van der Waals surface area contributed by atoms with Crippen molar-refractivity contribution in [2.45, 2.75) is 5.22 Å². The van der Waals surface area contributed by atoms with Crippen LogP contribution in [-0.4, -0.2) is 26.2 Å². The summed E-state index contributed by atoms with van der Waals surface area (Å²) in [6.45, 7) is 0. The van der Waals surface area contributed by atoms with Crippen LogP contribution in [0, 0.1) is 0 Å². The molecule has 3 rings (SSSR count). The molecule has 7 heteroatoms. The maximum Gasteiger partial charge on any atom is 0.276 e. The second-order valence-corrected chi connectivity index (χ2v) is 4.53. The summed E-state index contributed by atoms with van der Waals surface area (Å²) in [5.41, 5.74) is 7.60. The molecule has 2 N–H and O–H groups in total. The van der Waals surface area contributed by atoms with Crippen molar-refractivity contribution in [1.82, 2.24) is 20.0 Å². The molecule has 3 aromatic rings. The number of nitrogens with two attached hydrogens (primary N) is 1. The van der Waals surface area contributed by atoms with Gasteiger partial charge in [-0.2, -0.15) is 5.10 Å². The molecule has 0 aliphatic rings. The van der Waals surface area contributed by atoms with Gasteiger partial charge in [-0.1, -0.05) is 30.0 Å². The van der Waals surface area contributed by atoms with E-state index in [0.29, 0.717) is 22.5 Å². The monoisotopic (exact) mass is 273 g/mol. The largest absolute Gasteiger partial charge is 0.411 e. The van der Waals surface area contributed by atoms with E-state index in [1.807, 2.05) is 36.6 Å². The summed E-state index contributed by atoms with van der Waals surface area (Å²) in [4.78, 5) is 0. The van der Waals surface area contributed by atoms with Gasteiger partial charge in [0.25, 0.3) is 11.1 Å². The molecule has 0 fully saturated rings. The highest BCUT2D eigenvalue weighted by Gasteiger charge is 2.16. The smallest absolute Gasteiger partial charge is 0.276 e. The Morgan fingerprint density at radius 1 is 1.21 bits per heavy atom. The van der Waals surface area contributed by atoms with Crippen molar-refractivity contribution >= 4 is 17.6 Å². The molecule has 0 amide bonds. The van der Waals surface area contributed by atoms with Crippen LogP contribution < -0.4 is 5.73 Å². The highest BCUT2D eigenvalue weighted by molar-refractivity contribution is 7.98. The molecule has 0 atom stereocenters. The van der Waals surface area contributed by atoms with Gasteiger partial charge < -0.3 is 10.2 Å². The molecule has 2 aromatic heterocycles. The Kier molecular flexibility index (Phi) is 2.96. The summed E-state index contributed by atoms with van der Waals surface area (Å²) in [6, 6.07) is 9.64. The van der Waals surface area contributed by atoms with Gasteiger partial charge in [0, 0.05) is 0 Å². The van der Waals surface area contributed by atoms with E-state index >= 15 is 0 Å². The zero-order valence-corrected chi connectivity index (χ0v) is 11.0. The first-order valence-electron chi connectivity index (χ1n) is 5.56. The molecule has 0 saturated carbocycles. The van der Waals surface area contributed by atoms with E-state index in [9.17, 15) is 0 Å². The highest BCUT2D eigenvalue weighted by atomic mass is 32.2. The molecule has 0 aliphatic carbocycles. The van der Waals surface area contributed by atoms with E-state index in [1.165, 1.54) is 11.8 Å². The predicted molar refractivity (Wildman–Crippen MR) is 73.0 cm³/mol. The van der Waals surface area contributed by atoms with Crippen LogP contribution in [-0.2, 0) is 0 Å². The highest BCUT2D eigenvalue weighted by Crippen LogP contribution is 2.28. The second-order valence-electron chi connectivity index (χ2n) is 3.77. The van der Waals surface area contributed by atoms with Gasteiger partial charge in [0.1, 0.15) is 11.4 Å². The van der Waals surface area contributed by atoms with Gasteiger partial charge in [-0.25, -0.2) is 4.68 Å². The van der Waals surface area contributed by atoms with E-state index in [2.05, 4.69) is 15.3 Å². The van der Waals surface area contributed by atoms with Crippen LogP contribution in [0.5, 0.6) is 0 Å². The van der Waals surface area contributed by atoms with Crippen LogP contribution in [0.3, 0.4) is 0 Å². The SMILES string of the molecule is CSc1nnc(-c2cnn(-c3ccccc3)c2N)o1. The lowest BCUT2D eigenvalue weighted by Crippen LogP contribution is -2.01. The van der Waals surface area contributed by atoms with Crippen molar-refractivity contribution in [1.29, 1.82) is 0 Å². The minimum Gasteiger partial charge on any atom is -0.411 e. The summed E-state index contributed by atoms with van der Waals surface area (Å²) < 4.78 is 7.09. The number of hydrogen-bond acceptors (Lipinski definition) is 6. The van der Waals surface area contributed by atoms with E-state index in [1.54, 1.807) is 10.9 Å². The Labute approximate surface area is 113 Å². The molecule has 0 bridgehead atoms. The van der Waals surface area contributed by atoms with Gasteiger partial charge in [-0.15, -0.1) is 10.2 Å². The van der Waals surface area contributed by atoms with E-state index < -0.39 is 0 Å². The number of anilines is 1. The molecule has 0 unspecified atom stereocenters. The van der Waals surface area contributed by atoms with Crippen LogP contribution >= 0.6 is 11.8 Å². The molecule has 0 spiro atoms. The van der Waals surface area contributed by atoms with Crippen LogP contribution in [0.15, 0.2) is 46.2 Å². The van der Waals surface area contributed by atoms with E-state index in [0.717, 1.165) is 5.69 Å². The predicted octanol–water partition coefficient (Wildman–Crippen LogP) is 2.23. The Hall–Kier alpha value is -2.28. The van der Waals surface area contributed by atoms with Gasteiger partial charge in [0.2, 0.25) is 0 Å². The third-order valence-corrected chi connectivity index (χ3v) is 3.13. The zero-order valence-electron chi connectivity index (χ0n) is 10.1. The van der Waals surface area contributed by atoms with Crippen molar-refractivity contribution in [3.8, 4) is 17.1 Å². The Morgan fingerprint density at radius 3 is 2.68 bits per heavy atom. The van der Waals surface area contributed by atoms with Crippen LogP contribution in [0.2, 0.25) is 0 Å². The van der Waals surface area contributed by atoms with E-state index in [-0.39, 0.29) is 0 Å². The molecule has 0 saturated heterocycles. The third kappa shape index (κ3) is 2.08. The van der Waals surface area contributed by atoms with Gasteiger partial charge in [-0.05, 0) is 18.4 Å². The zero-order chi connectivity index (χ0) is 13.2. The summed E-state index contributed by atoms with van der Waals surface area (Å²) in [5, 5.41) is 12.6. The van der Waals surface area contributed by atoms with Crippen molar-refractivity contribution in [3.05, 3.63) is 36.5 Å². The molecular formula is C12H11N5OS. The maximum atomic E-state index is 6.08. The van der Waals surface area contributed by atoms with Crippen LogP contribution in [0.25, 0.3) is 17.1 Å². The first-order chi connectivity index (χ1) is 9.29. The molecular weight excluding hydrogens is 262 g/mol. The summed E-state index contributed by atoms with van der Waals surface area (Å²) in [5.74, 6) is 0.853. The van der Waals surface area contributed by atoms with Crippen molar-refractivity contribution < 1.29 is 4.42 Å². The molecule has 1 aromatic carbocycles. The molecule has 6 nitrogen and oxygen atoms in total. The summed E-state index contributed by atoms with van der Waals surface area (Å²) >= 11 is 1.39. The lowest BCUT2D eigenvalue weighted by Gasteiger charge is -2.03. The number of nitrogens with zero attached hydrogens (tertiary/aromatic N) is 4. The lowest BCUT2D eigenvalue weighted by atomic mass is 10.3. The standard InChI is InChI=1S/C12H11N5OS/c1-19-12-16-15-11(18-12)9-7-14-17(10(9)13)8-5-3-2-4-6-8/h2-7H,13H2,1H3. The lowest BCUT2D eigenvalue weighted by molar-refractivity contribution is 0.466. The summed E-state index contributed by atoms with van der Waals surface area (Å²) in [7, 11) is 0. The van der Waals surface area contributed by atoms with Crippen LogP contribution in [0.1, 0.15) is 0 Å². The van der Waals surface area contributed by atoms with Gasteiger partial charge in [0.15, 0.2) is 0 Å². The molecule has 2 heterocycles. The molecule has 96 valence electrons. The number of thioether (sulfide) groups is 1. The first kappa shape index (κ1) is 11.8. The minimum atomic E-state index is 0.379. The fraction of sp³-hybridized carbons (Fsp3) is 0.0833. The fourth-order valence-corrected chi connectivity index (χ4v) is 1.98. The third-order valence-electron chi connectivity index (χ3n) is 2.62. The average Bonchev–Trinajstić information content (AvgIpc) is 3.06. The van der Waals surface area contributed by atoms with Gasteiger partial charge in [-0.3, -0.25) is 0 Å². The first-order valence-corrected chi connectivity index (χ1v) is 6.79. The second kappa shape index (κ2) is 4.77. The topological polar surface area (TPSA) is 82.8 Å². The number of hydrogen-bond donors (Lipinski definition) is 1. The quantitative estimate of drug-likeness (QED) is 0.737. The van der Waals surface area contributed by atoms with Crippen molar-refractivity contribution in [2.24, 2.45) is 0 Å². The number of nitrogen functional groups attached to an aromatic ring is 1. The van der Waals surface area contributed by atoms with Crippen molar-refractivity contribution in [2.75, 3.05) is 12.0 Å². The van der Waals surface area contributed by atoms with Gasteiger partial charge in [0.05, 0.1) is 11.9 Å². The minimum absolute atomic E-state index is 0.379. The number of rotatable bonds is 3. The molecule has 0 aliphatic heterocycles. The summed E-state index contributed by atoms with van der Waals surface area (Å²) in [6.07, 6.45) is 3.49. The maximum absolute atomic E-state index is 6.08. The normalized spacial score (nSPS) is 10.8. The fourth-order valence-electron chi connectivity index (χ4n) is 1.70. The van der Waals surface area contributed by atoms with Crippen molar-refractivity contribution in [3.63, 3.8) is 0 Å². The van der Waals surface area contributed by atoms with E-state index in [4.69, 9.17) is 10.2 Å². The number of benzene rings is 1. The Balaban J connectivity index is 2.04. The van der Waals surface area contributed by atoms with Crippen LogP contribution in [0.4, 0.5) is 5.82 Å². The number of aromatic nitrogens is 4. The Morgan fingerprint density at radius 2 is 2.00 bits per heavy atom. The molecule has 0 radical (unpaired) electrons. The number of para-hydroxylation sites is 1.